The van der Waals surface area contributed by atoms with E-state index in [2.05, 4.69) is 15.5 Å². The molecule has 0 saturated heterocycles. The fraction of sp³-hybridized carbons (Fsp3) is 0.111. The second-order valence-electron chi connectivity index (χ2n) is 8.11. The lowest BCUT2D eigenvalue weighted by Gasteiger charge is -2.07. The van der Waals surface area contributed by atoms with Gasteiger partial charge in [0.05, 0.1) is 19.2 Å². The van der Waals surface area contributed by atoms with Crippen molar-refractivity contribution in [2.24, 2.45) is 7.05 Å². The highest BCUT2D eigenvalue weighted by molar-refractivity contribution is 7.99. The third-order valence-electron chi connectivity index (χ3n) is 5.55. The zero-order valence-corrected chi connectivity index (χ0v) is 20.6. The van der Waals surface area contributed by atoms with Gasteiger partial charge in [-0.15, -0.1) is 10.2 Å². The average Bonchev–Trinajstić information content (AvgIpc) is 3.52. The monoisotopic (exact) mass is 496 g/mol. The van der Waals surface area contributed by atoms with Gasteiger partial charge in [0.2, 0.25) is 0 Å². The average molecular weight is 497 g/mol. The number of nitrogens with one attached hydrogen (secondary N) is 1. The fourth-order valence-electron chi connectivity index (χ4n) is 3.68. The Morgan fingerprint density at radius 3 is 2.42 bits per heavy atom. The van der Waals surface area contributed by atoms with Crippen LogP contribution in [0, 0.1) is 0 Å². The molecule has 36 heavy (non-hydrogen) atoms. The summed E-state index contributed by atoms with van der Waals surface area (Å²) in [5, 5.41) is 16.5. The van der Waals surface area contributed by atoms with Crippen molar-refractivity contribution in [1.82, 2.24) is 24.5 Å². The fourth-order valence-corrected chi connectivity index (χ4v) is 4.44. The molecule has 8 nitrogen and oxygen atoms in total. The highest BCUT2D eigenvalue weighted by atomic mass is 32.2. The summed E-state index contributed by atoms with van der Waals surface area (Å²) >= 11 is 1.50. The number of carbonyl (C=O) groups excluding carboxylic acids is 1. The van der Waals surface area contributed by atoms with Crippen LogP contribution in [0.4, 0.5) is 5.69 Å². The van der Waals surface area contributed by atoms with E-state index >= 15 is 0 Å². The Hall–Kier alpha value is -4.37. The van der Waals surface area contributed by atoms with E-state index in [0.717, 1.165) is 26.9 Å². The minimum Gasteiger partial charge on any atom is -0.497 e. The van der Waals surface area contributed by atoms with Crippen LogP contribution in [0.1, 0.15) is 15.9 Å². The quantitative estimate of drug-likeness (QED) is 0.320. The molecular formula is C27H24N6O2S. The number of benzene rings is 3. The number of methoxy groups -OCH3 is 1. The molecule has 1 amide bonds. The van der Waals surface area contributed by atoms with Crippen molar-refractivity contribution in [2.75, 3.05) is 12.4 Å². The number of ether oxygens (including phenoxy) is 1. The Bertz CT molecular complexity index is 1460. The Labute approximate surface area is 213 Å². The lowest BCUT2D eigenvalue weighted by Crippen LogP contribution is -2.12. The van der Waals surface area contributed by atoms with Gasteiger partial charge in [0.1, 0.15) is 17.8 Å². The van der Waals surface area contributed by atoms with E-state index in [-0.39, 0.29) is 5.91 Å². The van der Waals surface area contributed by atoms with Crippen LogP contribution in [0.25, 0.3) is 11.3 Å². The van der Waals surface area contributed by atoms with Gasteiger partial charge >= 0.3 is 0 Å². The van der Waals surface area contributed by atoms with Crippen LogP contribution in [0.5, 0.6) is 5.75 Å². The summed E-state index contributed by atoms with van der Waals surface area (Å²) < 4.78 is 8.93. The predicted octanol–water partition coefficient (Wildman–Crippen LogP) is 5.14. The largest absolute Gasteiger partial charge is 0.497 e. The van der Waals surface area contributed by atoms with Gasteiger partial charge in [-0.1, -0.05) is 30.3 Å². The van der Waals surface area contributed by atoms with Crippen LogP contribution in [0.15, 0.2) is 101 Å². The van der Waals surface area contributed by atoms with Crippen molar-refractivity contribution >= 4 is 23.4 Å². The van der Waals surface area contributed by atoms with Gasteiger partial charge in [-0.25, -0.2) is 0 Å². The van der Waals surface area contributed by atoms with Crippen molar-refractivity contribution in [3.05, 3.63) is 103 Å². The second-order valence-corrected chi connectivity index (χ2v) is 9.15. The number of aryl methyl sites for hydroxylation is 1. The molecule has 180 valence electrons. The molecule has 0 radical (unpaired) electrons. The van der Waals surface area contributed by atoms with Crippen molar-refractivity contribution in [3.63, 3.8) is 0 Å². The van der Waals surface area contributed by atoms with E-state index in [0.29, 0.717) is 23.5 Å². The summed E-state index contributed by atoms with van der Waals surface area (Å²) in [7, 11) is 3.52. The minimum atomic E-state index is -0.228. The lowest BCUT2D eigenvalue weighted by molar-refractivity contribution is 0.102. The van der Waals surface area contributed by atoms with Gasteiger partial charge in [-0.3, -0.25) is 9.48 Å². The van der Waals surface area contributed by atoms with Crippen LogP contribution in [-0.2, 0) is 13.6 Å². The van der Waals surface area contributed by atoms with Crippen LogP contribution in [0.3, 0.4) is 0 Å². The Kier molecular flexibility index (Phi) is 6.81. The number of nitrogens with zero attached hydrogens (tertiary/aromatic N) is 5. The van der Waals surface area contributed by atoms with E-state index in [1.165, 1.54) is 11.8 Å². The molecular weight excluding hydrogens is 472 g/mol. The minimum absolute atomic E-state index is 0.228. The number of amides is 1. The van der Waals surface area contributed by atoms with Crippen LogP contribution < -0.4 is 10.1 Å². The lowest BCUT2D eigenvalue weighted by atomic mass is 10.1. The zero-order valence-electron chi connectivity index (χ0n) is 19.8. The van der Waals surface area contributed by atoms with Crippen LogP contribution >= 0.6 is 11.8 Å². The number of hydrogen-bond acceptors (Lipinski definition) is 6. The Morgan fingerprint density at radius 2 is 1.75 bits per heavy atom. The zero-order chi connectivity index (χ0) is 24.9. The highest BCUT2D eigenvalue weighted by Gasteiger charge is 2.19. The molecule has 0 unspecified atom stereocenters. The third-order valence-corrected chi connectivity index (χ3v) is 6.61. The van der Waals surface area contributed by atoms with Gasteiger partial charge < -0.3 is 14.6 Å². The van der Waals surface area contributed by atoms with Crippen molar-refractivity contribution in [2.45, 2.75) is 16.6 Å². The molecule has 2 heterocycles. The summed E-state index contributed by atoms with van der Waals surface area (Å²) in [5.41, 5.74) is 3.74. The maximum Gasteiger partial charge on any atom is 0.259 e. The number of rotatable bonds is 8. The molecule has 0 aliphatic carbocycles. The summed E-state index contributed by atoms with van der Waals surface area (Å²) in [6, 6.07) is 25.2. The van der Waals surface area contributed by atoms with Crippen LogP contribution in [0.2, 0.25) is 0 Å². The maximum absolute atomic E-state index is 13.4. The molecule has 2 aromatic heterocycles. The summed E-state index contributed by atoms with van der Waals surface area (Å²) in [5.74, 6) is 0.515. The summed E-state index contributed by atoms with van der Waals surface area (Å²) in [6.07, 6.45) is 3.45. The smallest absolute Gasteiger partial charge is 0.259 e. The Balaban J connectivity index is 1.39. The van der Waals surface area contributed by atoms with Gasteiger partial charge in [0.15, 0.2) is 5.16 Å². The molecule has 1 N–H and O–H groups in total. The molecule has 9 heteroatoms. The van der Waals surface area contributed by atoms with E-state index in [1.54, 1.807) is 24.3 Å². The molecule has 0 saturated carbocycles. The van der Waals surface area contributed by atoms with Crippen molar-refractivity contribution < 1.29 is 9.53 Å². The molecule has 5 rings (SSSR count). The second kappa shape index (κ2) is 10.5. The maximum atomic E-state index is 13.4. The first-order chi connectivity index (χ1) is 17.6. The van der Waals surface area contributed by atoms with Gasteiger partial charge in [-0.2, -0.15) is 5.10 Å². The standard InChI is InChI=1S/C27H24N6O2S/c1-32-18-28-30-27(32)36-23-14-10-21(11-15-23)29-26(34)24-17-33(16-19-6-4-3-5-7-19)31-25(24)20-8-12-22(35-2)13-9-20/h3-15,17-18H,16H2,1-2H3,(H,29,34). The van der Waals surface area contributed by atoms with Gasteiger partial charge in [0.25, 0.3) is 5.91 Å². The topological polar surface area (TPSA) is 86.9 Å². The normalized spacial score (nSPS) is 10.8. The third kappa shape index (κ3) is 5.31. The van der Waals surface area contributed by atoms with Crippen molar-refractivity contribution in [3.8, 4) is 17.0 Å². The first-order valence-electron chi connectivity index (χ1n) is 11.3. The van der Waals surface area contributed by atoms with Crippen molar-refractivity contribution in [1.29, 1.82) is 0 Å². The Morgan fingerprint density at radius 1 is 1.00 bits per heavy atom. The first-order valence-corrected chi connectivity index (χ1v) is 12.1. The number of carbonyl (C=O) groups is 1. The molecule has 5 aromatic rings. The number of aromatic nitrogens is 5. The van der Waals surface area contributed by atoms with Gasteiger partial charge in [0, 0.05) is 29.4 Å². The predicted molar refractivity (Wildman–Crippen MR) is 139 cm³/mol. The number of hydrogen-bond donors (Lipinski definition) is 1. The molecule has 0 aliphatic rings. The SMILES string of the molecule is COc1ccc(-c2nn(Cc3ccccc3)cc2C(=O)Nc2ccc(Sc3nncn3C)cc2)cc1. The van der Waals surface area contributed by atoms with Gasteiger partial charge in [-0.05, 0) is 65.9 Å². The molecule has 3 aromatic carbocycles. The highest BCUT2D eigenvalue weighted by Crippen LogP contribution is 2.28. The molecule has 0 fully saturated rings. The molecule has 0 aliphatic heterocycles. The number of anilines is 1. The summed E-state index contributed by atoms with van der Waals surface area (Å²) in [6.45, 7) is 0.561. The molecule has 0 atom stereocenters. The van der Waals surface area contributed by atoms with E-state index < -0.39 is 0 Å². The molecule has 0 spiro atoms. The van der Waals surface area contributed by atoms with E-state index in [4.69, 9.17) is 9.84 Å². The molecule has 0 bridgehead atoms. The summed E-state index contributed by atoms with van der Waals surface area (Å²) in [4.78, 5) is 14.4. The van der Waals surface area contributed by atoms with E-state index in [1.807, 2.05) is 90.5 Å². The van der Waals surface area contributed by atoms with E-state index in [9.17, 15) is 4.79 Å². The first kappa shape index (κ1) is 23.4. The van der Waals surface area contributed by atoms with Crippen LogP contribution in [-0.4, -0.2) is 37.6 Å².